The van der Waals surface area contributed by atoms with E-state index >= 15 is 0 Å². The Kier molecular flexibility index (Phi) is 7.30. The largest absolute Gasteiger partial charge is 0.493 e. The molecule has 1 atom stereocenters. The van der Waals surface area contributed by atoms with E-state index in [0.717, 1.165) is 11.3 Å². The molecule has 1 aromatic rings. The molecule has 0 saturated carbocycles. The molecule has 0 spiro atoms. The number of methoxy groups -OCH3 is 1. The molecule has 1 N–H and O–H groups in total. The van der Waals surface area contributed by atoms with Gasteiger partial charge in [-0.15, -0.1) is 11.6 Å². The van der Waals surface area contributed by atoms with Crippen molar-refractivity contribution in [3.8, 4) is 5.75 Å². The first-order chi connectivity index (χ1) is 9.15. The Balaban J connectivity index is 2.27. The second-order valence-corrected chi connectivity index (χ2v) is 4.60. The highest BCUT2D eigenvalue weighted by atomic mass is 35.5. The van der Waals surface area contributed by atoms with E-state index in [4.69, 9.17) is 21.1 Å². The number of nitrogens with one attached hydrogen (secondary N) is 1. The zero-order chi connectivity index (χ0) is 14.1. The Morgan fingerprint density at radius 3 is 2.89 bits per heavy atom. The summed E-state index contributed by atoms with van der Waals surface area (Å²) >= 11 is 5.71. The number of carbonyl (C=O) groups is 1. The zero-order valence-electron chi connectivity index (χ0n) is 11.3. The highest BCUT2D eigenvalue weighted by molar-refractivity contribution is 6.18. The Morgan fingerprint density at radius 1 is 1.47 bits per heavy atom. The van der Waals surface area contributed by atoms with Gasteiger partial charge in [0.25, 0.3) is 0 Å². The molecule has 0 aliphatic carbocycles. The van der Waals surface area contributed by atoms with Gasteiger partial charge in [0.2, 0.25) is 5.91 Å². The maximum atomic E-state index is 11.6. The number of hydrogen-bond donors (Lipinski definition) is 1. The van der Waals surface area contributed by atoms with Crippen molar-refractivity contribution in [2.24, 2.45) is 0 Å². The van der Waals surface area contributed by atoms with Gasteiger partial charge < -0.3 is 14.8 Å². The lowest BCUT2D eigenvalue weighted by Gasteiger charge is -2.15. The molecule has 0 saturated heterocycles. The Labute approximate surface area is 119 Å². The van der Waals surface area contributed by atoms with Crippen LogP contribution in [-0.2, 0) is 9.53 Å². The van der Waals surface area contributed by atoms with Gasteiger partial charge in [-0.1, -0.05) is 12.1 Å². The molecular formula is C14H20ClNO3. The molecule has 0 heterocycles. The monoisotopic (exact) mass is 285 g/mol. The summed E-state index contributed by atoms with van der Waals surface area (Å²) in [5.74, 6) is 1.02. The summed E-state index contributed by atoms with van der Waals surface area (Å²) in [5, 5.41) is 2.79. The fraction of sp³-hybridized carbons (Fsp3) is 0.500. The van der Waals surface area contributed by atoms with Crippen LogP contribution in [0.15, 0.2) is 24.3 Å². The molecule has 19 heavy (non-hydrogen) atoms. The van der Waals surface area contributed by atoms with Gasteiger partial charge >= 0.3 is 0 Å². The van der Waals surface area contributed by atoms with E-state index in [1.54, 1.807) is 7.11 Å². The summed E-state index contributed by atoms with van der Waals surface area (Å²) in [7, 11) is 1.58. The zero-order valence-corrected chi connectivity index (χ0v) is 12.1. The maximum Gasteiger partial charge on any atom is 0.223 e. The summed E-state index contributed by atoms with van der Waals surface area (Å²) in [6.07, 6.45) is 0.297. The number of halogens is 1. The van der Waals surface area contributed by atoms with Crippen molar-refractivity contribution in [1.29, 1.82) is 0 Å². The first-order valence-corrected chi connectivity index (χ1v) is 6.73. The van der Waals surface area contributed by atoms with E-state index in [1.807, 2.05) is 31.2 Å². The van der Waals surface area contributed by atoms with E-state index in [1.165, 1.54) is 0 Å². The molecule has 0 fully saturated rings. The van der Waals surface area contributed by atoms with Crippen LogP contribution >= 0.6 is 11.6 Å². The Morgan fingerprint density at radius 2 is 2.26 bits per heavy atom. The molecule has 1 unspecified atom stereocenters. The van der Waals surface area contributed by atoms with Gasteiger partial charge in [0.05, 0.1) is 25.7 Å². The van der Waals surface area contributed by atoms with Gasteiger partial charge in [-0.25, -0.2) is 0 Å². The number of aryl methyl sites for hydroxylation is 1. The molecule has 1 aromatic carbocycles. The van der Waals surface area contributed by atoms with Crippen LogP contribution in [0.5, 0.6) is 5.75 Å². The van der Waals surface area contributed by atoms with Gasteiger partial charge in [0, 0.05) is 13.0 Å². The van der Waals surface area contributed by atoms with E-state index < -0.39 is 0 Å². The van der Waals surface area contributed by atoms with Crippen LogP contribution in [0.2, 0.25) is 0 Å². The highest BCUT2D eigenvalue weighted by Crippen LogP contribution is 2.12. The molecule has 0 aromatic heterocycles. The van der Waals surface area contributed by atoms with Crippen molar-refractivity contribution in [1.82, 2.24) is 5.32 Å². The minimum Gasteiger partial charge on any atom is -0.493 e. The second kappa shape index (κ2) is 8.77. The summed E-state index contributed by atoms with van der Waals surface area (Å²) < 4.78 is 10.5. The van der Waals surface area contributed by atoms with Gasteiger partial charge in [0.1, 0.15) is 5.75 Å². The van der Waals surface area contributed by atoms with Gasteiger partial charge in [-0.2, -0.15) is 0 Å². The van der Waals surface area contributed by atoms with Crippen molar-refractivity contribution in [2.45, 2.75) is 19.4 Å². The van der Waals surface area contributed by atoms with Crippen molar-refractivity contribution < 1.29 is 14.3 Å². The van der Waals surface area contributed by atoms with E-state index in [9.17, 15) is 4.79 Å². The number of amides is 1. The minimum absolute atomic E-state index is 0.0876. The standard InChI is InChI=1S/C14H20ClNO3/c1-11-4-3-5-13(8-11)19-7-6-14(17)16-12(9-15)10-18-2/h3-5,8,12H,6-7,9-10H2,1-2H3,(H,16,17). The van der Waals surface area contributed by atoms with Crippen LogP contribution in [0.1, 0.15) is 12.0 Å². The first kappa shape index (κ1) is 15.8. The van der Waals surface area contributed by atoms with E-state index in [2.05, 4.69) is 5.32 Å². The third-order valence-corrected chi connectivity index (χ3v) is 2.88. The molecular weight excluding hydrogens is 266 g/mol. The number of rotatable bonds is 8. The molecule has 1 rings (SSSR count). The lowest BCUT2D eigenvalue weighted by atomic mass is 10.2. The molecule has 0 aliphatic heterocycles. The fourth-order valence-electron chi connectivity index (χ4n) is 1.59. The molecule has 0 bridgehead atoms. The summed E-state index contributed by atoms with van der Waals surface area (Å²) in [6.45, 7) is 2.75. The fourth-order valence-corrected chi connectivity index (χ4v) is 1.76. The molecule has 5 heteroatoms. The number of carbonyl (C=O) groups excluding carboxylic acids is 1. The number of ether oxygens (including phenoxy) is 2. The Hall–Kier alpha value is -1.26. The average molecular weight is 286 g/mol. The van der Waals surface area contributed by atoms with Crippen LogP contribution in [0.3, 0.4) is 0 Å². The van der Waals surface area contributed by atoms with E-state index in [0.29, 0.717) is 25.5 Å². The van der Waals surface area contributed by atoms with Crippen molar-refractivity contribution >= 4 is 17.5 Å². The quantitative estimate of drug-likeness (QED) is 0.745. The van der Waals surface area contributed by atoms with E-state index in [-0.39, 0.29) is 11.9 Å². The van der Waals surface area contributed by atoms with Crippen molar-refractivity contribution in [3.63, 3.8) is 0 Å². The van der Waals surface area contributed by atoms with Crippen LogP contribution in [-0.4, -0.2) is 38.2 Å². The summed E-state index contributed by atoms with van der Waals surface area (Å²) in [6, 6.07) is 7.57. The third kappa shape index (κ3) is 6.45. The molecule has 0 radical (unpaired) electrons. The topological polar surface area (TPSA) is 47.6 Å². The predicted molar refractivity (Wildman–Crippen MR) is 75.8 cm³/mol. The minimum atomic E-state index is -0.155. The van der Waals surface area contributed by atoms with Crippen LogP contribution in [0.4, 0.5) is 0 Å². The van der Waals surface area contributed by atoms with Crippen LogP contribution < -0.4 is 10.1 Å². The number of alkyl halides is 1. The molecule has 0 aliphatic rings. The lowest BCUT2D eigenvalue weighted by molar-refractivity contribution is -0.122. The summed E-state index contributed by atoms with van der Waals surface area (Å²) in [4.78, 5) is 11.6. The normalized spacial score (nSPS) is 11.9. The van der Waals surface area contributed by atoms with Crippen molar-refractivity contribution in [3.05, 3.63) is 29.8 Å². The van der Waals surface area contributed by atoms with Crippen molar-refractivity contribution in [2.75, 3.05) is 26.2 Å². The second-order valence-electron chi connectivity index (χ2n) is 4.29. The average Bonchev–Trinajstić information content (AvgIpc) is 2.38. The first-order valence-electron chi connectivity index (χ1n) is 6.19. The number of benzene rings is 1. The summed E-state index contributed by atoms with van der Waals surface area (Å²) in [5.41, 5.74) is 1.13. The lowest BCUT2D eigenvalue weighted by Crippen LogP contribution is -2.39. The molecule has 1 amide bonds. The van der Waals surface area contributed by atoms with Crippen LogP contribution in [0.25, 0.3) is 0 Å². The highest BCUT2D eigenvalue weighted by Gasteiger charge is 2.10. The predicted octanol–water partition coefficient (Wildman–Crippen LogP) is 2.13. The molecule has 106 valence electrons. The molecule has 4 nitrogen and oxygen atoms in total. The number of hydrogen-bond acceptors (Lipinski definition) is 3. The van der Waals surface area contributed by atoms with Crippen LogP contribution in [0, 0.1) is 6.92 Å². The maximum absolute atomic E-state index is 11.6. The SMILES string of the molecule is COCC(CCl)NC(=O)CCOc1cccc(C)c1. The Bertz CT molecular complexity index is 398. The third-order valence-electron chi connectivity index (χ3n) is 2.51. The smallest absolute Gasteiger partial charge is 0.223 e. The van der Waals surface area contributed by atoms with Gasteiger partial charge in [-0.05, 0) is 24.6 Å². The van der Waals surface area contributed by atoms with Gasteiger partial charge in [-0.3, -0.25) is 4.79 Å². The van der Waals surface area contributed by atoms with Gasteiger partial charge in [0.15, 0.2) is 0 Å².